The molecule has 4 rings (SSSR count). The lowest BCUT2D eigenvalue weighted by Crippen LogP contribution is -2.47. The highest BCUT2D eigenvalue weighted by Crippen LogP contribution is 2.53. The Balaban J connectivity index is 1.36. The molecule has 0 amide bonds. The van der Waals surface area contributed by atoms with Crippen LogP contribution in [0.25, 0.3) is 0 Å². The maximum atomic E-state index is 16.8. The lowest BCUT2D eigenvalue weighted by Gasteiger charge is -2.46. The minimum Gasteiger partial charge on any atom is -0.491 e. The van der Waals surface area contributed by atoms with Crippen LogP contribution in [0.4, 0.5) is 17.6 Å². The average molecular weight is 521 g/mol. The normalized spacial score (nSPS) is 32.3. The Morgan fingerprint density at radius 1 is 0.865 bits per heavy atom. The first-order valence-electron chi connectivity index (χ1n) is 14.7. The molecule has 1 aromatic rings. The van der Waals surface area contributed by atoms with Crippen LogP contribution in [0.3, 0.4) is 0 Å². The van der Waals surface area contributed by atoms with Crippen molar-refractivity contribution < 1.29 is 22.3 Å². The van der Waals surface area contributed by atoms with Gasteiger partial charge >= 0.3 is 0 Å². The van der Waals surface area contributed by atoms with E-state index in [4.69, 9.17) is 4.74 Å². The summed E-state index contributed by atoms with van der Waals surface area (Å²) in [6.45, 7) is 4.22. The Labute approximate surface area is 220 Å². The number of hydrogen-bond donors (Lipinski definition) is 0. The van der Waals surface area contributed by atoms with Gasteiger partial charge in [0.25, 0.3) is 0 Å². The maximum absolute atomic E-state index is 16.8. The van der Waals surface area contributed by atoms with Crippen LogP contribution in [0.1, 0.15) is 96.5 Å². The average Bonchev–Trinajstić information content (AvgIpc) is 2.91. The molecule has 2 saturated carbocycles. The summed E-state index contributed by atoms with van der Waals surface area (Å²) >= 11 is 0. The fourth-order valence-electron chi connectivity index (χ4n) is 7.27. The van der Waals surface area contributed by atoms with Crippen LogP contribution in [0, 0.1) is 41.2 Å². The van der Waals surface area contributed by atoms with E-state index in [9.17, 15) is 8.78 Å². The van der Waals surface area contributed by atoms with E-state index in [1.165, 1.54) is 37.8 Å². The van der Waals surface area contributed by atoms with Crippen LogP contribution < -0.4 is 4.74 Å². The van der Waals surface area contributed by atoms with Gasteiger partial charge in [-0.05, 0) is 87.3 Å². The molecule has 0 spiro atoms. The van der Waals surface area contributed by atoms with Gasteiger partial charge in [0.1, 0.15) is 5.83 Å². The first-order valence-corrected chi connectivity index (χ1v) is 14.7. The molecule has 37 heavy (non-hydrogen) atoms. The van der Waals surface area contributed by atoms with Gasteiger partial charge in [-0.1, -0.05) is 63.7 Å². The Morgan fingerprint density at radius 3 is 2.24 bits per heavy atom. The van der Waals surface area contributed by atoms with Gasteiger partial charge in [0, 0.05) is 11.8 Å². The predicted octanol–water partition coefficient (Wildman–Crippen LogP) is 9.85. The summed E-state index contributed by atoms with van der Waals surface area (Å²) in [6, 6.07) is 3.12. The third-order valence-electron chi connectivity index (χ3n) is 9.40. The van der Waals surface area contributed by atoms with Crippen LogP contribution in [0.15, 0.2) is 36.2 Å². The van der Waals surface area contributed by atoms with E-state index in [0.29, 0.717) is 17.9 Å². The maximum Gasteiger partial charge on any atom is 0.200 e. The van der Waals surface area contributed by atoms with Crippen LogP contribution in [-0.2, 0) is 6.42 Å². The number of alkyl halides is 1. The van der Waals surface area contributed by atoms with E-state index in [2.05, 4.69) is 6.92 Å². The summed E-state index contributed by atoms with van der Waals surface area (Å²) in [4.78, 5) is 0. The number of rotatable bonds is 10. The van der Waals surface area contributed by atoms with Crippen molar-refractivity contribution in [2.75, 3.05) is 6.61 Å². The zero-order valence-electron chi connectivity index (χ0n) is 22.6. The van der Waals surface area contributed by atoms with Crippen molar-refractivity contribution in [1.29, 1.82) is 0 Å². The van der Waals surface area contributed by atoms with Crippen molar-refractivity contribution in [3.8, 4) is 5.75 Å². The molecule has 0 heterocycles. The first-order chi connectivity index (χ1) is 17.9. The van der Waals surface area contributed by atoms with Crippen molar-refractivity contribution in [2.45, 2.75) is 103 Å². The molecule has 1 aromatic carbocycles. The van der Waals surface area contributed by atoms with E-state index < -0.39 is 29.0 Å². The van der Waals surface area contributed by atoms with Gasteiger partial charge < -0.3 is 4.74 Å². The van der Waals surface area contributed by atoms with Crippen LogP contribution in [-0.4, -0.2) is 12.3 Å². The molecular weight excluding hydrogens is 476 g/mol. The fourth-order valence-corrected chi connectivity index (χ4v) is 7.27. The van der Waals surface area contributed by atoms with Gasteiger partial charge in [0.2, 0.25) is 5.82 Å². The molecule has 0 aliphatic heterocycles. The Morgan fingerprint density at radius 2 is 1.57 bits per heavy atom. The highest BCUT2D eigenvalue weighted by Gasteiger charge is 2.53. The molecule has 0 aromatic heterocycles. The van der Waals surface area contributed by atoms with E-state index in [1.807, 2.05) is 6.08 Å². The Bertz CT molecular complexity index is 940. The molecule has 0 N–H and O–H groups in total. The predicted molar refractivity (Wildman–Crippen MR) is 142 cm³/mol. The van der Waals surface area contributed by atoms with E-state index in [0.717, 1.165) is 51.4 Å². The number of ether oxygens (including phenoxy) is 1. The van der Waals surface area contributed by atoms with Gasteiger partial charge in [-0.15, -0.1) is 0 Å². The SMILES string of the molecule is CCCCC[C@H]1CC[C@H](C2(F)C(F)=CC=CC2C2CCC(Cc3ccc(OCC)c(F)c3F)CC2)CC1. The molecule has 1 nitrogen and oxygen atoms in total. The van der Waals surface area contributed by atoms with Crippen molar-refractivity contribution in [3.63, 3.8) is 0 Å². The molecule has 2 fully saturated rings. The monoisotopic (exact) mass is 520 g/mol. The quantitative estimate of drug-likeness (QED) is 0.220. The summed E-state index contributed by atoms with van der Waals surface area (Å²) in [5.41, 5.74) is -1.54. The molecule has 5 heteroatoms. The van der Waals surface area contributed by atoms with Gasteiger partial charge in [-0.2, -0.15) is 4.39 Å². The third-order valence-corrected chi connectivity index (χ3v) is 9.40. The third kappa shape index (κ3) is 6.28. The van der Waals surface area contributed by atoms with Gasteiger partial charge in [0.15, 0.2) is 17.2 Å². The minimum atomic E-state index is -1.91. The Kier molecular flexibility index (Phi) is 9.80. The lowest BCUT2D eigenvalue weighted by molar-refractivity contribution is -0.0113. The number of benzene rings is 1. The molecule has 2 unspecified atom stereocenters. The minimum absolute atomic E-state index is 0.0547. The van der Waals surface area contributed by atoms with E-state index in [1.54, 1.807) is 19.1 Å². The van der Waals surface area contributed by atoms with Gasteiger partial charge in [-0.3, -0.25) is 0 Å². The second-order valence-corrected chi connectivity index (χ2v) is 11.7. The smallest absolute Gasteiger partial charge is 0.200 e. The molecule has 3 aliphatic carbocycles. The van der Waals surface area contributed by atoms with E-state index >= 15 is 8.78 Å². The summed E-state index contributed by atoms with van der Waals surface area (Å²) in [6.07, 6.45) is 17.0. The zero-order valence-corrected chi connectivity index (χ0v) is 22.6. The van der Waals surface area contributed by atoms with Gasteiger partial charge in [-0.25, -0.2) is 13.2 Å². The van der Waals surface area contributed by atoms with Crippen LogP contribution in [0.5, 0.6) is 5.75 Å². The zero-order chi connectivity index (χ0) is 26.4. The molecule has 0 radical (unpaired) electrons. The molecular formula is C32H44F4O. The largest absolute Gasteiger partial charge is 0.491 e. The molecule has 206 valence electrons. The standard InChI is InChI=1S/C32H44F4O/c1-3-5-6-8-22-13-18-26(19-14-22)32(36)27(9-7-10-29(32)33)24-15-11-23(12-16-24)21-25-17-20-28(37-4-2)31(35)30(25)34/h7,9-10,17,20,22-24,26-27H,3-6,8,11-16,18-19,21H2,1-2H3/t22-,23?,24?,26-,27?,32?. The molecule has 0 saturated heterocycles. The Hall–Kier alpha value is -1.78. The van der Waals surface area contributed by atoms with Crippen molar-refractivity contribution in [2.24, 2.45) is 29.6 Å². The topological polar surface area (TPSA) is 9.23 Å². The van der Waals surface area contributed by atoms with Crippen molar-refractivity contribution in [1.82, 2.24) is 0 Å². The number of hydrogen-bond acceptors (Lipinski definition) is 1. The molecule has 3 aliphatic rings. The van der Waals surface area contributed by atoms with Crippen LogP contribution in [0.2, 0.25) is 0 Å². The van der Waals surface area contributed by atoms with Crippen LogP contribution >= 0.6 is 0 Å². The van der Waals surface area contributed by atoms with Crippen molar-refractivity contribution in [3.05, 3.63) is 53.4 Å². The molecule has 2 atom stereocenters. The summed E-state index contributed by atoms with van der Waals surface area (Å²) in [5, 5.41) is 0. The second-order valence-electron chi connectivity index (χ2n) is 11.7. The number of unbranched alkanes of at least 4 members (excludes halogenated alkanes) is 2. The second kappa shape index (κ2) is 12.8. The number of halogens is 4. The van der Waals surface area contributed by atoms with Crippen molar-refractivity contribution >= 4 is 0 Å². The highest BCUT2D eigenvalue weighted by atomic mass is 19.2. The fraction of sp³-hybridized carbons (Fsp3) is 0.688. The first kappa shape index (κ1) is 28.2. The summed E-state index contributed by atoms with van der Waals surface area (Å²) in [7, 11) is 0. The summed E-state index contributed by atoms with van der Waals surface area (Å²) < 4.78 is 66.1. The number of allylic oxidation sites excluding steroid dienone is 4. The highest BCUT2D eigenvalue weighted by molar-refractivity contribution is 5.32. The van der Waals surface area contributed by atoms with E-state index in [-0.39, 0.29) is 30.1 Å². The summed E-state index contributed by atoms with van der Waals surface area (Å²) in [5.74, 6) is -2.18. The lowest BCUT2D eigenvalue weighted by atomic mass is 9.61. The van der Waals surface area contributed by atoms with Gasteiger partial charge in [0.05, 0.1) is 6.61 Å². The molecule has 0 bridgehead atoms.